The summed E-state index contributed by atoms with van der Waals surface area (Å²) in [6.45, 7) is 3.65. The highest BCUT2D eigenvalue weighted by atomic mass is 16.5. The molecule has 14 heavy (non-hydrogen) atoms. The molecule has 0 saturated heterocycles. The molecule has 0 aliphatic carbocycles. The van der Waals surface area contributed by atoms with Crippen molar-refractivity contribution in [3.05, 3.63) is 23.3 Å². The number of hydrogen-bond donors (Lipinski definition) is 1. The van der Waals surface area contributed by atoms with Crippen molar-refractivity contribution in [1.82, 2.24) is 0 Å². The van der Waals surface area contributed by atoms with Gasteiger partial charge >= 0.3 is 0 Å². The fraction of sp³-hybridized carbons (Fsp3) is 0.455. The minimum Gasteiger partial charge on any atom is -0.496 e. The Labute approximate surface area is 84.3 Å². The summed E-state index contributed by atoms with van der Waals surface area (Å²) in [5, 5.41) is 9.58. The molecule has 0 fully saturated rings. The second-order valence-electron chi connectivity index (χ2n) is 3.26. The second-order valence-corrected chi connectivity index (χ2v) is 3.26. The number of aryl methyl sites for hydroxylation is 1. The maximum Gasteiger partial charge on any atom is 0.128 e. The van der Waals surface area contributed by atoms with Gasteiger partial charge in [0, 0.05) is 0 Å². The molecule has 0 radical (unpaired) electrons. The molecule has 0 amide bonds. The Morgan fingerprint density at radius 2 is 1.57 bits per heavy atom. The van der Waals surface area contributed by atoms with Crippen molar-refractivity contribution in [1.29, 1.82) is 0 Å². The molecule has 0 spiro atoms. The van der Waals surface area contributed by atoms with Gasteiger partial charge in [0.1, 0.15) is 11.5 Å². The van der Waals surface area contributed by atoms with Gasteiger partial charge in [-0.2, -0.15) is 0 Å². The summed E-state index contributed by atoms with van der Waals surface area (Å²) in [5.41, 5.74) is 1.74. The molecule has 0 aromatic heterocycles. The van der Waals surface area contributed by atoms with Gasteiger partial charge in [-0.3, -0.25) is 0 Å². The molecular formula is C11H16O3. The highest BCUT2D eigenvalue weighted by Gasteiger charge is 2.15. The number of benzene rings is 1. The molecule has 3 nitrogen and oxygen atoms in total. The van der Waals surface area contributed by atoms with E-state index in [0.717, 1.165) is 5.56 Å². The van der Waals surface area contributed by atoms with Crippen LogP contribution >= 0.6 is 0 Å². The Kier molecular flexibility index (Phi) is 3.36. The van der Waals surface area contributed by atoms with Gasteiger partial charge in [-0.1, -0.05) is 0 Å². The van der Waals surface area contributed by atoms with E-state index in [2.05, 4.69) is 0 Å². The molecule has 0 saturated carbocycles. The van der Waals surface area contributed by atoms with Crippen molar-refractivity contribution in [2.24, 2.45) is 0 Å². The lowest BCUT2D eigenvalue weighted by molar-refractivity contribution is 0.189. The smallest absolute Gasteiger partial charge is 0.128 e. The summed E-state index contributed by atoms with van der Waals surface area (Å²) < 4.78 is 10.4. The molecule has 1 N–H and O–H groups in total. The topological polar surface area (TPSA) is 38.7 Å². The standard InChI is InChI=1S/C11H16O3/c1-7-5-9(13-3)11(8(2)12)10(6-7)14-4/h5-6,8,12H,1-4H3/t8-/m0/s1. The molecule has 0 aliphatic rings. The average molecular weight is 196 g/mol. The minimum absolute atomic E-state index is 0.597. The zero-order valence-corrected chi connectivity index (χ0v) is 9.00. The van der Waals surface area contributed by atoms with Gasteiger partial charge in [-0.15, -0.1) is 0 Å². The van der Waals surface area contributed by atoms with Gasteiger partial charge < -0.3 is 14.6 Å². The first-order chi connectivity index (χ1) is 6.60. The fourth-order valence-electron chi connectivity index (χ4n) is 1.48. The Bertz CT molecular complexity index is 293. The van der Waals surface area contributed by atoms with Crippen molar-refractivity contribution in [3.8, 4) is 11.5 Å². The zero-order valence-electron chi connectivity index (χ0n) is 9.00. The number of ether oxygens (including phenoxy) is 2. The summed E-state index contributed by atoms with van der Waals surface area (Å²) in [4.78, 5) is 0. The Morgan fingerprint density at radius 3 is 1.86 bits per heavy atom. The summed E-state index contributed by atoms with van der Waals surface area (Å²) in [6, 6.07) is 3.76. The van der Waals surface area contributed by atoms with Crippen LogP contribution in [0.5, 0.6) is 11.5 Å². The molecule has 1 rings (SSSR count). The van der Waals surface area contributed by atoms with Crippen LogP contribution in [-0.4, -0.2) is 19.3 Å². The van der Waals surface area contributed by atoms with Gasteiger partial charge in [0.15, 0.2) is 0 Å². The molecule has 1 atom stereocenters. The lowest BCUT2D eigenvalue weighted by Gasteiger charge is -2.16. The summed E-state index contributed by atoms with van der Waals surface area (Å²) >= 11 is 0. The number of rotatable bonds is 3. The van der Waals surface area contributed by atoms with Gasteiger partial charge in [0.2, 0.25) is 0 Å². The first kappa shape index (κ1) is 10.9. The minimum atomic E-state index is -0.597. The van der Waals surface area contributed by atoms with Crippen LogP contribution in [0.1, 0.15) is 24.2 Å². The zero-order chi connectivity index (χ0) is 10.7. The fourth-order valence-corrected chi connectivity index (χ4v) is 1.48. The van der Waals surface area contributed by atoms with Crippen LogP contribution in [0.3, 0.4) is 0 Å². The molecule has 3 heteroatoms. The monoisotopic (exact) mass is 196 g/mol. The summed E-state index contributed by atoms with van der Waals surface area (Å²) in [7, 11) is 3.17. The van der Waals surface area contributed by atoms with Crippen LogP contribution in [-0.2, 0) is 0 Å². The third kappa shape index (κ3) is 1.99. The van der Waals surface area contributed by atoms with Crippen LogP contribution in [0.4, 0.5) is 0 Å². The molecule has 0 aliphatic heterocycles. The van der Waals surface area contributed by atoms with Gasteiger partial charge in [-0.05, 0) is 31.5 Å². The van der Waals surface area contributed by atoms with E-state index in [4.69, 9.17) is 9.47 Å². The van der Waals surface area contributed by atoms with Crippen molar-refractivity contribution in [3.63, 3.8) is 0 Å². The first-order valence-corrected chi connectivity index (χ1v) is 4.50. The van der Waals surface area contributed by atoms with Crippen molar-refractivity contribution >= 4 is 0 Å². The Morgan fingerprint density at radius 1 is 1.14 bits per heavy atom. The number of aliphatic hydroxyl groups excluding tert-OH is 1. The number of aliphatic hydroxyl groups is 1. The molecule has 0 bridgehead atoms. The highest BCUT2D eigenvalue weighted by molar-refractivity contribution is 5.48. The van der Waals surface area contributed by atoms with E-state index in [0.29, 0.717) is 17.1 Å². The summed E-state index contributed by atoms with van der Waals surface area (Å²) in [6.07, 6.45) is -0.597. The van der Waals surface area contributed by atoms with E-state index in [1.165, 1.54) is 0 Å². The predicted octanol–water partition coefficient (Wildman–Crippen LogP) is 2.07. The Balaban J connectivity index is 3.33. The SMILES string of the molecule is COc1cc(C)cc(OC)c1[C@H](C)O. The van der Waals surface area contributed by atoms with Gasteiger partial charge in [-0.25, -0.2) is 0 Å². The lowest BCUT2D eigenvalue weighted by atomic mass is 10.1. The van der Waals surface area contributed by atoms with Crippen molar-refractivity contribution in [2.45, 2.75) is 20.0 Å². The average Bonchev–Trinajstić information content (AvgIpc) is 2.15. The quantitative estimate of drug-likeness (QED) is 0.804. The maximum atomic E-state index is 9.58. The first-order valence-electron chi connectivity index (χ1n) is 4.50. The maximum absolute atomic E-state index is 9.58. The molecule has 78 valence electrons. The molecule has 1 aromatic rings. The third-order valence-electron chi connectivity index (χ3n) is 2.11. The van der Waals surface area contributed by atoms with Crippen LogP contribution in [0.2, 0.25) is 0 Å². The van der Waals surface area contributed by atoms with E-state index in [9.17, 15) is 5.11 Å². The van der Waals surface area contributed by atoms with Crippen LogP contribution in [0.15, 0.2) is 12.1 Å². The number of methoxy groups -OCH3 is 2. The Hall–Kier alpha value is -1.22. The van der Waals surface area contributed by atoms with Gasteiger partial charge in [0.25, 0.3) is 0 Å². The number of hydrogen-bond acceptors (Lipinski definition) is 3. The third-order valence-corrected chi connectivity index (χ3v) is 2.11. The van der Waals surface area contributed by atoms with Crippen molar-refractivity contribution < 1.29 is 14.6 Å². The van der Waals surface area contributed by atoms with Crippen LogP contribution < -0.4 is 9.47 Å². The van der Waals surface area contributed by atoms with Crippen molar-refractivity contribution in [2.75, 3.05) is 14.2 Å². The predicted molar refractivity (Wildman–Crippen MR) is 54.9 cm³/mol. The van der Waals surface area contributed by atoms with Gasteiger partial charge in [0.05, 0.1) is 25.9 Å². The van der Waals surface area contributed by atoms with E-state index in [1.807, 2.05) is 19.1 Å². The molecule has 1 aromatic carbocycles. The van der Waals surface area contributed by atoms with E-state index < -0.39 is 6.10 Å². The highest BCUT2D eigenvalue weighted by Crippen LogP contribution is 2.35. The van der Waals surface area contributed by atoms with Crippen LogP contribution in [0.25, 0.3) is 0 Å². The molecule has 0 unspecified atom stereocenters. The van der Waals surface area contributed by atoms with Crippen LogP contribution in [0, 0.1) is 6.92 Å². The second kappa shape index (κ2) is 4.33. The van der Waals surface area contributed by atoms with E-state index in [-0.39, 0.29) is 0 Å². The lowest BCUT2D eigenvalue weighted by Crippen LogP contribution is -2.01. The summed E-state index contributed by atoms with van der Waals surface area (Å²) in [5.74, 6) is 1.33. The largest absolute Gasteiger partial charge is 0.496 e. The van der Waals surface area contributed by atoms with E-state index in [1.54, 1.807) is 21.1 Å². The molecular weight excluding hydrogens is 180 g/mol. The normalized spacial score (nSPS) is 12.4. The molecule has 0 heterocycles. The van der Waals surface area contributed by atoms with E-state index >= 15 is 0 Å².